The predicted molar refractivity (Wildman–Crippen MR) is 70.3 cm³/mol. The molecule has 19 heavy (non-hydrogen) atoms. The molecule has 6 heteroatoms. The summed E-state index contributed by atoms with van der Waals surface area (Å²) in [7, 11) is 1.97. The van der Waals surface area contributed by atoms with Crippen LogP contribution >= 0.6 is 0 Å². The van der Waals surface area contributed by atoms with Crippen molar-refractivity contribution in [2.45, 2.75) is 26.6 Å². The Labute approximate surface area is 114 Å². The van der Waals surface area contributed by atoms with E-state index < -0.39 is 0 Å². The van der Waals surface area contributed by atoms with Crippen LogP contribution in [0.5, 0.6) is 0 Å². The molecule has 1 aromatic rings. The quantitative estimate of drug-likeness (QED) is 0.742. The van der Waals surface area contributed by atoms with E-state index >= 15 is 0 Å². The van der Waals surface area contributed by atoms with Gasteiger partial charge >= 0.3 is 0 Å². The van der Waals surface area contributed by atoms with Crippen LogP contribution in [0.3, 0.4) is 0 Å². The molecule has 1 amide bonds. The molecule has 1 atom stereocenters. The van der Waals surface area contributed by atoms with Gasteiger partial charge in [0, 0.05) is 20.0 Å². The molecular weight excluding hydrogens is 244 g/mol. The number of hydrogen-bond acceptors (Lipinski definition) is 3. The number of morpholine rings is 1. The van der Waals surface area contributed by atoms with Crippen molar-refractivity contribution in [1.82, 2.24) is 14.8 Å². The van der Waals surface area contributed by atoms with Gasteiger partial charge in [0.1, 0.15) is 12.4 Å². The summed E-state index contributed by atoms with van der Waals surface area (Å²) >= 11 is 0. The Morgan fingerprint density at radius 3 is 2.79 bits per heavy atom. The highest BCUT2D eigenvalue weighted by Gasteiger charge is 2.20. The second-order valence-electron chi connectivity index (χ2n) is 4.98. The minimum atomic E-state index is 0.0401. The number of ether oxygens (including phenoxy) is 1. The third-order valence-corrected chi connectivity index (χ3v) is 3.67. The smallest absolute Gasteiger partial charge is 0.263 e. The number of aromatic nitrogens is 2. The van der Waals surface area contributed by atoms with Gasteiger partial charge < -0.3 is 10.1 Å². The minimum Gasteiger partial charge on any atom is -0.379 e. The molecule has 0 aromatic carbocycles. The molecule has 106 valence electrons. The zero-order valence-electron chi connectivity index (χ0n) is 11.9. The SMILES string of the molecule is Cc1n(CC(=O)NC(C)N2CCOCC2)cc[n+]1C. The first-order valence-corrected chi connectivity index (χ1v) is 6.70. The van der Waals surface area contributed by atoms with Gasteiger partial charge in [0.25, 0.3) is 11.7 Å². The second kappa shape index (κ2) is 6.16. The number of rotatable bonds is 4. The number of carbonyl (C=O) groups is 1. The lowest BCUT2D eigenvalue weighted by atomic mass is 10.3. The third kappa shape index (κ3) is 3.54. The summed E-state index contributed by atoms with van der Waals surface area (Å²) < 4.78 is 9.25. The number of nitrogens with zero attached hydrogens (tertiary/aromatic N) is 3. The molecule has 0 spiro atoms. The lowest BCUT2D eigenvalue weighted by Gasteiger charge is -2.32. The van der Waals surface area contributed by atoms with Crippen molar-refractivity contribution in [2.75, 3.05) is 26.3 Å². The van der Waals surface area contributed by atoms with Crippen molar-refractivity contribution in [3.63, 3.8) is 0 Å². The Morgan fingerprint density at radius 1 is 1.53 bits per heavy atom. The lowest BCUT2D eigenvalue weighted by molar-refractivity contribution is -0.677. The van der Waals surface area contributed by atoms with E-state index in [0.717, 1.165) is 32.1 Å². The monoisotopic (exact) mass is 267 g/mol. The number of nitrogens with one attached hydrogen (secondary N) is 1. The number of hydrogen-bond donors (Lipinski definition) is 1. The van der Waals surface area contributed by atoms with Gasteiger partial charge in [0.05, 0.1) is 26.4 Å². The molecule has 1 aromatic heterocycles. The Balaban J connectivity index is 1.85. The average molecular weight is 267 g/mol. The molecule has 1 aliphatic heterocycles. The molecule has 1 fully saturated rings. The highest BCUT2D eigenvalue weighted by atomic mass is 16.5. The Morgan fingerprint density at radius 2 is 2.21 bits per heavy atom. The standard InChI is InChI=1S/C13H22N4O2/c1-11(16-6-8-19-9-7-16)14-13(18)10-17-5-4-15(3)12(17)2/h4-5,11H,6-10H2,1-3H3/p+1. The topological polar surface area (TPSA) is 50.4 Å². The molecule has 0 aliphatic carbocycles. The van der Waals surface area contributed by atoms with Crippen molar-refractivity contribution >= 4 is 5.91 Å². The first-order chi connectivity index (χ1) is 9.08. The molecule has 6 nitrogen and oxygen atoms in total. The van der Waals surface area contributed by atoms with E-state index in [1.54, 1.807) is 0 Å². The number of imidazole rings is 1. The molecule has 2 rings (SSSR count). The zero-order valence-corrected chi connectivity index (χ0v) is 11.9. The summed E-state index contributed by atoms with van der Waals surface area (Å²) in [6, 6.07) is 0. The molecule has 0 saturated carbocycles. The van der Waals surface area contributed by atoms with Gasteiger partial charge in [0.2, 0.25) is 0 Å². The van der Waals surface area contributed by atoms with Gasteiger partial charge in [-0.3, -0.25) is 9.69 Å². The summed E-state index contributed by atoms with van der Waals surface area (Å²) in [5.74, 6) is 1.10. The van der Waals surface area contributed by atoms with Crippen LogP contribution in [0.25, 0.3) is 0 Å². The predicted octanol–water partition coefficient (Wildman–Crippen LogP) is -0.585. The van der Waals surface area contributed by atoms with Crippen molar-refractivity contribution in [3.8, 4) is 0 Å². The van der Waals surface area contributed by atoms with Gasteiger partial charge in [-0.15, -0.1) is 0 Å². The average Bonchev–Trinajstić information content (AvgIpc) is 2.71. The summed E-state index contributed by atoms with van der Waals surface area (Å²) in [5.41, 5.74) is 0. The first-order valence-electron chi connectivity index (χ1n) is 6.70. The van der Waals surface area contributed by atoms with Crippen LogP contribution in [0.15, 0.2) is 12.4 Å². The summed E-state index contributed by atoms with van der Waals surface area (Å²) in [4.78, 5) is 14.3. The highest BCUT2D eigenvalue weighted by molar-refractivity contribution is 5.76. The van der Waals surface area contributed by atoms with Crippen LogP contribution in [-0.2, 0) is 23.1 Å². The van der Waals surface area contributed by atoms with Crippen molar-refractivity contribution < 1.29 is 14.1 Å². The van der Waals surface area contributed by atoms with E-state index in [0.29, 0.717) is 6.54 Å². The van der Waals surface area contributed by atoms with Gasteiger partial charge in [-0.25, -0.2) is 9.13 Å². The van der Waals surface area contributed by atoms with E-state index in [1.165, 1.54) is 0 Å². The molecule has 0 bridgehead atoms. The zero-order chi connectivity index (χ0) is 13.8. The first kappa shape index (κ1) is 14.0. The molecule has 1 unspecified atom stereocenters. The van der Waals surface area contributed by atoms with E-state index in [-0.39, 0.29) is 12.1 Å². The third-order valence-electron chi connectivity index (χ3n) is 3.67. The van der Waals surface area contributed by atoms with Crippen molar-refractivity contribution in [3.05, 3.63) is 18.2 Å². The normalized spacial score (nSPS) is 18.3. The number of carbonyl (C=O) groups excluding carboxylic acids is 1. The van der Waals surface area contributed by atoms with E-state index in [2.05, 4.69) is 10.2 Å². The second-order valence-corrected chi connectivity index (χ2v) is 4.98. The molecule has 1 aliphatic rings. The largest absolute Gasteiger partial charge is 0.379 e. The van der Waals surface area contributed by atoms with Crippen molar-refractivity contribution in [1.29, 1.82) is 0 Å². The van der Waals surface area contributed by atoms with E-state index in [1.807, 2.05) is 42.4 Å². The molecule has 0 radical (unpaired) electrons. The van der Waals surface area contributed by atoms with Crippen LogP contribution in [0.1, 0.15) is 12.7 Å². The van der Waals surface area contributed by atoms with Crippen molar-refractivity contribution in [2.24, 2.45) is 7.05 Å². The molecule has 2 heterocycles. The Bertz CT molecular complexity index is 438. The molecule has 1 N–H and O–H groups in total. The Hall–Kier alpha value is -1.40. The molecule has 1 saturated heterocycles. The summed E-state index contributed by atoms with van der Waals surface area (Å²) in [6.07, 6.45) is 3.93. The fourth-order valence-corrected chi connectivity index (χ4v) is 2.26. The van der Waals surface area contributed by atoms with Gasteiger partial charge in [-0.2, -0.15) is 0 Å². The fourth-order valence-electron chi connectivity index (χ4n) is 2.26. The lowest BCUT2D eigenvalue weighted by Crippen LogP contribution is -2.51. The fraction of sp³-hybridized carbons (Fsp3) is 0.692. The Kier molecular flexibility index (Phi) is 4.55. The number of aryl methyl sites for hydroxylation is 1. The van der Waals surface area contributed by atoms with Crippen LogP contribution in [-0.4, -0.2) is 47.8 Å². The summed E-state index contributed by atoms with van der Waals surface area (Å²) in [6.45, 7) is 7.61. The van der Waals surface area contributed by atoms with Gasteiger partial charge in [-0.05, 0) is 6.92 Å². The maximum Gasteiger partial charge on any atom is 0.263 e. The van der Waals surface area contributed by atoms with Crippen LogP contribution in [0.4, 0.5) is 0 Å². The van der Waals surface area contributed by atoms with Crippen LogP contribution in [0, 0.1) is 6.92 Å². The maximum absolute atomic E-state index is 12.0. The van der Waals surface area contributed by atoms with Crippen LogP contribution < -0.4 is 9.88 Å². The maximum atomic E-state index is 12.0. The minimum absolute atomic E-state index is 0.0401. The van der Waals surface area contributed by atoms with Crippen LogP contribution in [0.2, 0.25) is 0 Å². The van der Waals surface area contributed by atoms with E-state index in [9.17, 15) is 4.79 Å². The summed E-state index contributed by atoms with van der Waals surface area (Å²) in [5, 5.41) is 3.04. The van der Waals surface area contributed by atoms with Gasteiger partial charge in [0.15, 0.2) is 6.54 Å². The van der Waals surface area contributed by atoms with Gasteiger partial charge in [-0.1, -0.05) is 0 Å². The van der Waals surface area contributed by atoms with E-state index in [4.69, 9.17) is 4.74 Å². The number of amides is 1. The molecular formula is C13H23N4O2+. The highest BCUT2D eigenvalue weighted by Crippen LogP contribution is 2.01.